The van der Waals surface area contributed by atoms with Crippen molar-refractivity contribution in [3.8, 4) is 0 Å². The molecule has 1 aliphatic heterocycles. The Bertz CT molecular complexity index is 787. The van der Waals surface area contributed by atoms with Crippen LogP contribution in [0.3, 0.4) is 0 Å². The largest absolute Gasteiger partial charge is 0.322 e. The quantitative estimate of drug-likeness (QED) is 0.723. The molecule has 3 N–H and O–H groups in total. The molecule has 0 bridgehead atoms. The molecule has 1 aliphatic rings. The van der Waals surface area contributed by atoms with E-state index in [1.165, 1.54) is 11.0 Å². The number of thiophene rings is 1. The monoisotopic (exact) mass is 367 g/mol. The van der Waals surface area contributed by atoms with Gasteiger partial charge in [0.05, 0.1) is 6.54 Å². The third-order valence-electron chi connectivity index (χ3n) is 4.16. The molecular weight excluding hydrogens is 348 g/mol. The lowest BCUT2D eigenvalue weighted by Gasteiger charge is -2.37. The first-order valence-electron chi connectivity index (χ1n) is 7.81. The van der Waals surface area contributed by atoms with E-state index in [2.05, 4.69) is 10.8 Å². The molecule has 5 nitrogen and oxygen atoms in total. The number of urea groups is 1. The molecule has 1 aromatic heterocycles. The van der Waals surface area contributed by atoms with Crippen molar-refractivity contribution in [1.29, 1.82) is 0 Å². The number of halogens is 2. The van der Waals surface area contributed by atoms with Crippen LogP contribution in [0.4, 0.5) is 19.3 Å². The number of fused-ring (bicyclic) bond motifs is 1. The summed E-state index contributed by atoms with van der Waals surface area (Å²) in [6, 6.07) is 4.84. The highest BCUT2D eigenvalue weighted by Gasteiger charge is 2.36. The minimum Gasteiger partial charge on any atom is -0.319 e. The molecule has 134 valence electrons. The van der Waals surface area contributed by atoms with E-state index in [1.54, 1.807) is 11.3 Å². The topological polar surface area (TPSA) is 64.6 Å². The summed E-state index contributed by atoms with van der Waals surface area (Å²) in [6.07, 6.45) is 0. The Balaban J connectivity index is 1.83. The van der Waals surface area contributed by atoms with Gasteiger partial charge in [-0.15, -0.1) is 11.3 Å². The van der Waals surface area contributed by atoms with Gasteiger partial charge in [-0.25, -0.2) is 19.1 Å². The molecule has 25 heavy (non-hydrogen) atoms. The molecule has 0 unspecified atom stereocenters. The number of para-hydroxylation sites is 1. The van der Waals surface area contributed by atoms with Crippen LogP contribution in [0.15, 0.2) is 24.3 Å². The second-order valence-electron chi connectivity index (χ2n) is 6.67. The fourth-order valence-electron chi connectivity index (χ4n) is 3.10. The zero-order valence-electron chi connectivity index (χ0n) is 13.9. The Morgan fingerprint density at radius 2 is 2.04 bits per heavy atom. The minimum absolute atomic E-state index is 0.295. The zero-order chi connectivity index (χ0) is 18.2. The molecule has 3 rings (SSSR count). The standard InChI is InChI=1S/C17H19F2N3O2S/c1-17(2)9-22(8-10-6-11(7-20-24)25-15(10)17)16(23)21-14-12(18)4-3-5-13(14)19/h3-6,20,24H,7-9H2,1-2H3,(H,21,23). The maximum atomic E-state index is 13.8. The van der Waals surface area contributed by atoms with Crippen LogP contribution in [0.1, 0.15) is 29.2 Å². The van der Waals surface area contributed by atoms with Crippen LogP contribution >= 0.6 is 11.3 Å². The number of hydroxylamine groups is 1. The molecule has 0 saturated heterocycles. The number of anilines is 1. The van der Waals surface area contributed by atoms with Crippen molar-refractivity contribution >= 4 is 23.1 Å². The number of amides is 2. The van der Waals surface area contributed by atoms with Crippen LogP contribution in [0.5, 0.6) is 0 Å². The number of nitrogens with one attached hydrogen (secondary N) is 2. The molecule has 2 amide bonds. The predicted molar refractivity (Wildman–Crippen MR) is 91.8 cm³/mol. The van der Waals surface area contributed by atoms with E-state index in [9.17, 15) is 13.6 Å². The van der Waals surface area contributed by atoms with Gasteiger partial charge in [0.25, 0.3) is 0 Å². The first-order chi connectivity index (χ1) is 11.8. The van der Waals surface area contributed by atoms with E-state index in [4.69, 9.17) is 5.21 Å². The maximum Gasteiger partial charge on any atom is 0.322 e. The number of rotatable bonds is 3. The van der Waals surface area contributed by atoms with Crippen LogP contribution in [-0.4, -0.2) is 22.7 Å². The van der Waals surface area contributed by atoms with E-state index >= 15 is 0 Å². The van der Waals surface area contributed by atoms with Crippen molar-refractivity contribution in [2.24, 2.45) is 0 Å². The molecule has 2 aromatic rings. The van der Waals surface area contributed by atoms with Crippen molar-refractivity contribution < 1.29 is 18.8 Å². The van der Waals surface area contributed by atoms with Crippen LogP contribution in [0, 0.1) is 11.6 Å². The summed E-state index contributed by atoms with van der Waals surface area (Å²) in [5.41, 5.74) is 2.38. The van der Waals surface area contributed by atoms with Crippen molar-refractivity contribution in [2.45, 2.75) is 32.4 Å². The summed E-state index contributed by atoms with van der Waals surface area (Å²) in [5.74, 6) is -1.62. The Hall–Kier alpha value is -2.03. The molecule has 0 spiro atoms. The summed E-state index contributed by atoms with van der Waals surface area (Å²) in [6.45, 7) is 5.14. The maximum absolute atomic E-state index is 13.8. The average molecular weight is 367 g/mol. The normalized spacial score (nSPS) is 15.8. The first kappa shape index (κ1) is 17.8. The van der Waals surface area contributed by atoms with Crippen LogP contribution in [0.25, 0.3) is 0 Å². The van der Waals surface area contributed by atoms with Crippen molar-refractivity contribution in [1.82, 2.24) is 10.4 Å². The molecule has 2 heterocycles. The number of carbonyl (C=O) groups excluding carboxylic acids is 1. The zero-order valence-corrected chi connectivity index (χ0v) is 14.7. The van der Waals surface area contributed by atoms with Crippen molar-refractivity contribution in [3.05, 3.63) is 51.2 Å². The highest BCUT2D eigenvalue weighted by atomic mass is 32.1. The lowest BCUT2D eigenvalue weighted by atomic mass is 9.85. The summed E-state index contributed by atoms with van der Waals surface area (Å²) in [4.78, 5) is 16.2. The number of nitrogens with zero attached hydrogens (tertiary/aromatic N) is 1. The van der Waals surface area contributed by atoms with Crippen LogP contribution in [-0.2, 0) is 18.5 Å². The van der Waals surface area contributed by atoms with Gasteiger partial charge in [-0.05, 0) is 23.8 Å². The number of hydrogen-bond donors (Lipinski definition) is 3. The van der Waals surface area contributed by atoms with Crippen molar-refractivity contribution in [2.75, 3.05) is 11.9 Å². The van der Waals surface area contributed by atoms with E-state index in [-0.39, 0.29) is 5.41 Å². The Morgan fingerprint density at radius 3 is 2.68 bits per heavy atom. The number of benzene rings is 1. The third-order valence-corrected chi connectivity index (χ3v) is 5.70. The van der Waals surface area contributed by atoms with Gasteiger partial charge in [0.2, 0.25) is 0 Å². The van der Waals surface area contributed by atoms with E-state index < -0.39 is 23.4 Å². The highest BCUT2D eigenvalue weighted by molar-refractivity contribution is 7.12. The fourth-order valence-corrected chi connectivity index (χ4v) is 4.29. The Labute approximate surface area is 148 Å². The van der Waals surface area contributed by atoms with E-state index in [0.29, 0.717) is 19.6 Å². The molecule has 8 heteroatoms. The summed E-state index contributed by atoms with van der Waals surface area (Å²) >= 11 is 1.59. The highest BCUT2D eigenvalue weighted by Crippen LogP contribution is 2.39. The average Bonchev–Trinajstić information content (AvgIpc) is 2.94. The van der Waals surface area contributed by atoms with E-state index in [0.717, 1.165) is 27.5 Å². The summed E-state index contributed by atoms with van der Waals surface area (Å²) < 4.78 is 27.5. The molecular formula is C17H19F2N3O2S. The van der Waals surface area contributed by atoms with Gasteiger partial charge in [-0.2, -0.15) is 0 Å². The molecule has 0 atom stereocenters. The van der Waals surface area contributed by atoms with Crippen LogP contribution < -0.4 is 10.8 Å². The molecule has 0 radical (unpaired) electrons. The molecule has 0 fully saturated rings. The number of hydrogen-bond acceptors (Lipinski definition) is 4. The van der Waals surface area contributed by atoms with Gasteiger partial charge in [-0.3, -0.25) is 0 Å². The molecule has 0 aliphatic carbocycles. The van der Waals surface area contributed by atoms with Crippen LogP contribution in [0.2, 0.25) is 0 Å². The van der Waals surface area contributed by atoms with Gasteiger partial charge in [0.1, 0.15) is 17.3 Å². The van der Waals surface area contributed by atoms with Gasteiger partial charge in [0, 0.05) is 28.3 Å². The van der Waals surface area contributed by atoms with Gasteiger partial charge in [0.15, 0.2) is 0 Å². The van der Waals surface area contributed by atoms with Crippen molar-refractivity contribution in [3.63, 3.8) is 0 Å². The lowest BCUT2D eigenvalue weighted by molar-refractivity contribution is 0.162. The predicted octanol–water partition coefficient (Wildman–Crippen LogP) is 3.83. The molecule has 0 saturated carbocycles. The smallest absolute Gasteiger partial charge is 0.319 e. The Kier molecular flexibility index (Phi) is 4.77. The number of carbonyl (C=O) groups is 1. The summed E-state index contributed by atoms with van der Waals surface area (Å²) in [7, 11) is 0. The fraction of sp³-hybridized carbons (Fsp3) is 0.353. The van der Waals surface area contributed by atoms with Gasteiger partial charge < -0.3 is 15.4 Å². The second-order valence-corrected chi connectivity index (χ2v) is 7.81. The van der Waals surface area contributed by atoms with E-state index in [1.807, 2.05) is 19.9 Å². The Morgan fingerprint density at radius 1 is 1.36 bits per heavy atom. The van der Waals surface area contributed by atoms with Gasteiger partial charge in [-0.1, -0.05) is 19.9 Å². The lowest BCUT2D eigenvalue weighted by Crippen LogP contribution is -2.46. The molecule has 1 aromatic carbocycles. The third kappa shape index (κ3) is 3.51. The minimum atomic E-state index is -0.808. The summed E-state index contributed by atoms with van der Waals surface area (Å²) in [5, 5.41) is 11.2. The second kappa shape index (κ2) is 6.70. The first-order valence-corrected chi connectivity index (χ1v) is 8.62. The van der Waals surface area contributed by atoms with Gasteiger partial charge >= 0.3 is 6.03 Å². The SMILES string of the molecule is CC1(C)CN(C(=O)Nc2c(F)cccc2F)Cc2cc(CNO)sc21.